The van der Waals surface area contributed by atoms with Gasteiger partial charge in [-0.2, -0.15) is 5.10 Å². The molecule has 0 aliphatic carbocycles. The second-order valence-electron chi connectivity index (χ2n) is 10.0. The van der Waals surface area contributed by atoms with Crippen LogP contribution in [0.4, 0.5) is 0 Å². The van der Waals surface area contributed by atoms with E-state index in [0.717, 1.165) is 62.8 Å². The van der Waals surface area contributed by atoms with E-state index >= 15 is 0 Å². The van der Waals surface area contributed by atoms with Crippen LogP contribution in [-0.4, -0.2) is 35.9 Å². The summed E-state index contributed by atoms with van der Waals surface area (Å²) in [6, 6.07) is 30.1. The van der Waals surface area contributed by atoms with Crippen molar-refractivity contribution in [2.75, 3.05) is 12.8 Å². The minimum atomic E-state index is -3.29. The lowest BCUT2D eigenvalue weighted by Crippen LogP contribution is -2.23. The third-order valence-corrected chi connectivity index (χ3v) is 10.3. The molecule has 1 aliphatic heterocycles. The van der Waals surface area contributed by atoms with Crippen LogP contribution >= 0.6 is 38.9 Å². The molecule has 1 fully saturated rings. The Bertz CT molecular complexity index is 1780. The topological polar surface area (TPSA) is 55.2 Å². The Morgan fingerprint density at radius 1 is 0.975 bits per heavy atom. The summed E-state index contributed by atoms with van der Waals surface area (Å²) in [5.74, 6) is 0. The third kappa shape index (κ3) is 5.69. The second kappa shape index (κ2) is 11.3. The molecule has 3 aromatic carbocycles. The largest absolute Gasteiger partial charge is 0.290 e. The van der Waals surface area contributed by atoms with Crippen LogP contribution in [0.15, 0.2) is 100 Å². The van der Waals surface area contributed by atoms with Crippen LogP contribution in [0.3, 0.4) is 0 Å². The number of benzene rings is 3. The van der Waals surface area contributed by atoms with E-state index in [4.69, 9.17) is 16.7 Å². The number of sulfone groups is 1. The van der Waals surface area contributed by atoms with Gasteiger partial charge in [-0.3, -0.25) is 4.90 Å². The van der Waals surface area contributed by atoms with Crippen LogP contribution in [0.5, 0.6) is 0 Å². The maximum Gasteiger partial charge on any atom is 0.175 e. The summed E-state index contributed by atoms with van der Waals surface area (Å²) in [5.41, 5.74) is 4.96. The second-order valence-corrected chi connectivity index (χ2v) is 14.5. The maximum atomic E-state index is 12.1. The first-order valence-electron chi connectivity index (χ1n) is 13.0. The molecular formula is C31H27BrClN3O2S2. The van der Waals surface area contributed by atoms with E-state index < -0.39 is 9.84 Å². The van der Waals surface area contributed by atoms with E-state index in [2.05, 4.69) is 57.2 Å². The Labute approximate surface area is 252 Å². The highest BCUT2D eigenvalue weighted by molar-refractivity contribution is 9.10. The number of nitrogens with zero attached hydrogens (tertiary/aromatic N) is 3. The van der Waals surface area contributed by atoms with Gasteiger partial charge in [0.15, 0.2) is 9.84 Å². The van der Waals surface area contributed by atoms with Gasteiger partial charge in [0.2, 0.25) is 0 Å². The lowest BCUT2D eigenvalue weighted by atomic mass is 10.0. The van der Waals surface area contributed by atoms with Gasteiger partial charge in [-0.1, -0.05) is 63.9 Å². The van der Waals surface area contributed by atoms with Crippen LogP contribution in [0, 0.1) is 0 Å². The molecule has 0 saturated carbocycles. The monoisotopic (exact) mass is 651 g/mol. The molecule has 5 aromatic rings. The molecule has 0 N–H and O–H groups in total. The SMILES string of the molecule is CS(=O)(=O)c1cccc(-c2ccc(-c3cc(CN4CCCC4c4ccc(Br)cc4)nn3-c3ccccc3Cl)s2)c1. The predicted octanol–water partition coefficient (Wildman–Crippen LogP) is 8.42. The molecule has 9 heteroatoms. The Hall–Kier alpha value is -2.75. The van der Waals surface area contributed by atoms with E-state index in [1.54, 1.807) is 29.5 Å². The Balaban J connectivity index is 1.37. The third-order valence-electron chi connectivity index (χ3n) is 7.23. The molecule has 2 aromatic heterocycles. The molecule has 5 nitrogen and oxygen atoms in total. The highest BCUT2D eigenvalue weighted by Gasteiger charge is 2.27. The van der Waals surface area contributed by atoms with E-state index in [-0.39, 0.29) is 0 Å². The molecule has 40 heavy (non-hydrogen) atoms. The van der Waals surface area contributed by atoms with Gasteiger partial charge in [0.05, 0.1) is 31.9 Å². The molecule has 204 valence electrons. The number of hydrogen-bond donors (Lipinski definition) is 0. The summed E-state index contributed by atoms with van der Waals surface area (Å²) >= 11 is 11.8. The molecule has 1 aliphatic rings. The van der Waals surface area contributed by atoms with E-state index in [1.165, 1.54) is 11.8 Å². The number of aromatic nitrogens is 2. The van der Waals surface area contributed by atoms with Gasteiger partial charge >= 0.3 is 0 Å². The Morgan fingerprint density at radius 3 is 2.52 bits per heavy atom. The Kier molecular flexibility index (Phi) is 7.72. The molecular weight excluding hydrogens is 626 g/mol. The molecule has 0 amide bonds. The molecule has 0 radical (unpaired) electrons. The normalized spacial score (nSPS) is 16.0. The fourth-order valence-corrected chi connectivity index (χ4v) is 7.44. The standard InChI is InChI=1S/C31H27BrClN3O2S2/c1-40(37,38)25-7-4-6-22(18-25)30-15-16-31(39-30)29-19-24(34-36(29)28-9-3-2-8-26(28)33)20-35-17-5-10-27(35)21-11-13-23(32)14-12-21/h2-4,6-9,11-16,18-19,27H,5,10,17,20H2,1H3. The van der Waals surface area contributed by atoms with Crippen molar-refractivity contribution in [1.29, 1.82) is 0 Å². The molecule has 0 bridgehead atoms. The van der Waals surface area contributed by atoms with Crippen molar-refractivity contribution in [2.24, 2.45) is 0 Å². The fourth-order valence-electron chi connectivity index (χ4n) is 5.29. The quantitative estimate of drug-likeness (QED) is 0.177. The number of likely N-dealkylation sites (tertiary alicyclic amines) is 1. The highest BCUT2D eigenvalue weighted by atomic mass is 79.9. The van der Waals surface area contributed by atoms with Gasteiger partial charge < -0.3 is 0 Å². The molecule has 6 rings (SSSR count). The molecule has 1 atom stereocenters. The predicted molar refractivity (Wildman–Crippen MR) is 167 cm³/mol. The van der Waals surface area contributed by atoms with Crippen molar-refractivity contribution in [2.45, 2.75) is 30.3 Å². The average Bonchev–Trinajstić information content (AvgIpc) is 3.69. The maximum absolute atomic E-state index is 12.1. The average molecular weight is 653 g/mol. The summed E-state index contributed by atoms with van der Waals surface area (Å²) in [6.45, 7) is 1.76. The van der Waals surface area contributed by atoms with Gasteiger partial charge in [-0.15, -0.1) is 11.3 Å². The molecule has 1 unspecified atom stereocenters. The number of para-hydroxylation sites is 1. The van der Waals surface area contributed by atoms with E-state index in [1.807, 2.05) is 41.1 Å². The number of halogens is 2. The van der Waals surface area contributed by atoms with Crippen molar-refractivity contribution in [3.8, 4) is 26.7 Å². The van der Waals surface area contributed by atoms with Crippen molar-refractivity contribution < 1.29 is 8.42 Å². The van der Waals surface area contributed by atoms with Crippen LogP contribution in [0.2, 0.25) is 5.02 Å². The highest BCUT2D eigenvalue weighted by Crippen LogP contribution is 2.39. The lowest BCUT2D eigenvalue weighted by molar-refractivity contribution is 0.245. The van der Waals surface area contributed by atoms with Gasteiger partial charge in [0.25, 0.3) is 0 Å². The fraction of sp³-hybridized carbons (Fsp3) is 0.194. The molecule has 1 saturated heterocycles. The summed E-state index contributed by atoms with van der Waals surface area (Å²) in [5, 5.41) is 5.69. The van der Waals surface area contributed by atoms with Crippen LogP contribution < -0.4 is 0 Å². The number of rotatable bonds is 7. The van der Waals surface area contributed by atoms with Gasteiger partial charge in [0.1, 0.15) is 0 Å². The van der Waals surface area contributed by atoms with Gasteiger partial charge in [-0.25, -0.2) is 13.1 Å². The molecule has 3 heterocycles. The summed E-state index contributed by atoms with van der Waals surface area (Å²) in [7, 11) is -3.29. The number of hydrogen-bond acceptors (Lipinski definition) is 5. The molecule has 0 spiro atoms. The Morgan fingerprint density at radius 2 is 1.75 bits per heavy atom. The van der Waals surface area contributed by atoms with Gasteiger partial charge in [0, 0.05) is 28.2 Å². The van der Waals surface area contributed by atoms with Crippen molar-refractivity contribution >= 4 is 48.7 Å². The first kappa shape index (κ1) is 27.4. The minimum Gasteiger partial charge on any atom is -0.290 e. The zero-order valence-corrected chi connectivity index (χ0v) is 25.8. The van der Waals surface area contributed by atoms with Crippen molar-refractivity contribution in [3.63, 3.8) is 0 Å². The van der Waals surface area contributed by atoms with Gasteiger partial charge in [-0.05, 0) is 85.1 Å². The van der Waals surface area contributed by atoms with Crippen molar-refractivity contribution in [1.82, 2.24) is 14.7 Å². The van der Waals surface area contributed by atoms with E-state index in [9.17, 15) is 8.42 Å². The first-order valence-corrected chi connectivity index (χ1v) is 16.9. The first-order chi connectivity index (χ1) is 19.3. The van der Waals surface area contributed by atoms with Crippen LogP contribution in [-0.2, 0) is 16.4 Å². The smallest absolute Gasteiger partial charge is 0.175 e. The minimum absolute atomic E-state index is 0.314. The van der Waals surface area contributed by atoms with Crippen LogP contribution in [0.25, 0.3) is 26.7 Å². The number of thiophene rings is 1. The summed E-state index contributed by atoms with van der Waals surface area (Å²) in [6.07, 6.45) is 3.51. The van der Waals surface area contributed by atoms with Crippen molar-refractivity contribution in [3.05, 3.63) is 112 Å². The zero-order valence-electron chi connectivity index (χ0n) is 21.8. The summed E-state index contributed by atoms with van der Waals surface area (Å²) < 4.78 is 27.3. The van der Waals surface area contributed by atoms with Crippen LogP contribution in [0.1, 0.15) is 30.1 Å². The van der Waals surface area contributed by atoms with E-state index in [0.29, 0.717) is 16.0 Å². The lowest BCUT2D eigenvalue weighted by Gasteiger charge is -2.24. The zero-order chi connectivity index (χ0) is 27.9. The summed E-state index contributed by atoms with van der Waals surface area (Å²) in [4.78, 5) is 4.84.